The number of rotatable bonds is 3. The molecule has 78 valence electrons. The first-order chi connectivity index (χ1) is 7.16. The summed E-state index contributed by atoms with van der Waals surface area (Å²) in [5, 5.41) is 8.80. The van der Waals surface area contributed by atoms with Crippen molar-refractivity contribution in [2.75, 3.05) is 0 Å². The highest BCUT2D eigenvalue weighted by molar-refractivity contribution is 5.91. The highest BCUT2D eigenvalue weighted by atomic mass is 16.4. The Bertz CT molecular complexity index is 397. The van der Waals surface area contributed by atoms with Crippen LogP contribution in [0.5, 0.6) is 0 Å². The lowest BCUT2D eigenvalue weighted by atomic mass is 10.00. The Morgan fingerprint density at radius 2 is 1.93 bits per heavy atom. The number of carbonyl (C=O) groups is 1. The van der Waals surface area contributed by atoms with Crippen molar-refractivity contribution < 1.29 is 9.90 Å². The Balaban J connectivity index is 2.32. The van der Waals surface area contributed by atoms with E-state index in [2.05, 4.69) is 0 Å². The molecule has 0 aromatic heterocycles. The van der Waals surface area contributed by atoms with E-state index in [1.807, 2.05) is 31.2 Å². The molecule has 1 aliphatic carbocycles. The van der Waals surface area contributed by atoms with Crippen LogP contribution in [0.2, 0.25) is 0 Å². The molecule has 0 aliphatic heterocycles. The topological polar surface area (TPSA) is 37.3 Å². The smallest absolute Gasteiger partial charge is 0.328 e. The van der Waals surface area contributed by atoms with Crippen molar-refractivity contribution in [2.24, 2.45) is 5.92 Å². The fourth-order valence-corrected chi connectivity index (χ4v) is 1.71. The zero-order valence-corrected chi connectivity index (χ0v) is 8.73. The molecule has 2 rings (SSSR count). The van der Waals surface area contributed by atoms with Crippen LogP contribution >= 0.6 is 0 Å². The zero-order chi connectivity index (χ0) is 10.8. The lowest BCUT2D eigenvalue weighted by molar-refractivity contribution is -0.131. The third-order valence-electron chi connectivity index (χ3n) is 2.68. The van der Waals surface area contributed by atoms with E-state index in [4.69, 9.17) is 5.11 Å². The van der Waals surface area contributed by atoms with Gasteiger partial charge in [0.2, 0.25) is 0 Å². The van der Waals surface area contributed by atoms with E-state index in [1.54, 1.807) is 0 Å². The van der Waals surface area contributed by atoms with Gasteiger partial charge in [-0.2, -0.15) is 0 Å². The number of benzene rings is 1. The number of aryl methyl sites for hydroxylation is 1. The monoisotopic (exact) mass is 202 g/mol. The van der Waals surface area contributed by atoms with E-state index in [-0.39, 0.29) is 0 Å². The van der Waals surface area contributed by atoms with Crippen LogP contribution in [0.3, 0.4) is 0 Å². The van der Waals surface area contributed by atoms with Gasteiger partial charge in [-0.15, -0.1) is 0 Å². The van der Waals surface area contributed by atoms with Crippen LogP contribution in [0.25, 0.3) is 5.57 Å². The molecule has 0 heterocycles. The van der Waals surface area contributed by atoms with Gasteiger partial charge in [0.1, 0.15) is 0 Å². The van der Waals surface area contributed by atoms with Crippen molar-refractivity contribution in [3.63, 3.8) is 0 Å². The summed E-state index contributed by atoms with van der Waals surface area (Å²) in [6.07, 6.45) is 3.59. The fraction of sp³-hybridized carbons (Fsp3) is 0.308. The molecule has 0 unspecified atom stereocenters. The van der Waals surface area contributed by atoms with Gasteiger partial charge in [-0.3, -0.25) is 0 Å². The lowest BCUT2D eigenvalue weighted by Gasteiger charge is -2.05. The van der Waals surface area contributed by atoms with E-state index in [1.165, 1.54) is 11.6 Å². The summed E-state index contributed by atoms with van der Waals surface area (Å²) in [7, 11) is 0. The molecule has 15 heavy (non-hydrogen) atoms. The van der Waals surface area contributed by atoms with E-state index >= 15 is 0 Å². The van der Waals surface area contributed by atoms with Crippen LogP contribution in [0.15, 0.2) is 30.3 Å². The van der Waals surface area contributed by atoms with Gasteiger partial charge in [0.15, 0.2) is 0 Å². The molecule has 0 radical (unpaired) electrons. The Morgan fingerprint density at radius 3 is 2.40 bits per heavy atom. The zero-order valence-electron chi connectivity index (χ0n) is 8.73. The molecule has 0 bridgehead atoms. The predicted octanol–water partition coefficient (Wildman–Crippen LogP) is 2.87. The number of carboxylic acids is 1. The van der Waals surface area contributed by atoms with E-state index in [0.29, 0.717) is 5.92 Å². The second-order valence-electron chi connectivity index (χ2n) is 4.08. The van der Waals surface area contributed by atoms with Crippen molar-refractivity contribution in [3.05, 3.63) is 41.5 Å². The lowest BCUT2D eigenvalue weighted by Crippen LogP contribution is -1.94. The first-order valence-electron chi connectivity index (χ1n) is 5.18. The van der Waals surface area contributed by atoms with Crippen LogP contribution in [0, 0.1) is 12.8 Å². The minimum atomic E-state index is -0.850. The Labute approximate surface area is 89.2 Å². The van der Waals surface area contributed by atoms with Crippen molar-refractivity contribution in [3.8, 4) is 0 Å². The summed E-state index contributed by atoms with van der Waals surface area (Å²) in [6, 6.07) is 8.05. The Hall–Kier alpha value is -1.57. The highest BCUT2D eigenvalue weighted by Crippen LogP contribution is 2.41. The summed E-state index contributed by atoms with van der Waals surface area (Å²) < 4.78 is 0. The number of hydrogen-bond acceptors (Lipinski definition) is 1. The molecule has 1 aliphatic rings. The average Bonchev–Trinajstić information content (AvgIpc) is 2.99. The van der Waals surface area contributed by atoms with E-state index < -0.39 is 5.97 Å². The van der Waals surface area contributed by atoms with Crippen LogP contribution < -0.4 is 0 Å². The van der Waals surface area contributed by atoms with E-state index in [0.717, 1.165) is 24.0 Å². The second-order valence-corrected chi connectivity index (χ2v) is 4.08. The van der Waals surface area contributed by atoms with Crippen LogP contribution in [0.4, 0.5) is 0 Å². The van der Waals surface area contributed by atoms with Crippen molar-refractivity contribution in [2.45, 2.75) is 19.8 Å². The molecule has 0 saturated heterocycles. The molecule has 1 fully saturated rings. The molecule has 0 amide bonds. The molecule has 1 aromatic carbocycles. The van der Waals surface area contributed by atoms with Gasteiger partial charge in [-0.05, 0) is 36.8 Å². The Kier molecular flexibility index (Phi) is 2.58. The Morgan fingerprint density at radius 1 is 1.33 bits per heavy atom. The summed E-state index contributed by atoms with van der Waals surface area (Å²) in [4.78, 5) is 10.7. The number of allylic oxidation sites excluding steroid dienone is 1. The third-order valence-corrected chi connectivity index (χ3v) is 2.68. The molecule has 0 atom stereocenters. The summed E-state index contributed by atoms with van der Waals surface area (Å²) in [5.74, 6) is -0.388. The maximum Gasteiger partial charge on any atom is 0.328 e. The van der Waals surface area contributed by atoms with Gasteiger partial charge < -0.3 is 5.11 Å². The maximum absolute atomic E-state index is 10.7. The molecular weight excluding hydrogens is 188 g/mol. The van der Waals surface area contributed by atoms with Gasteiger partial charge in [0.05, 0.1) is 0 Å². The first kappa shape index (κ1) is 9.97. The van der Waals surface area contributed by atoms with Gasteiger partial charge in [-0.25, -0.2) is 4.79 Å². The molecule has 2 heteroatoms. The molecule has 1 aromatic rings. The molecule has 1 saturated carbocycles. The molecule has 1 N–H and O–H groups in total. The summed E-state index contributed by atoms with van der Waals surface area (Å²) in [6.45, 7) is 2.03. The summed E-state index contributed by atoms with van der Waals surface area (Å²) >= 11 is 0. The number of aliphatic carboxylic acids is 1. The van der Waals surface area contributed by atoms with Gasteiger partial charge in [0, 0.05) is 6.08 Å². The summed E-state index contributed by atoms with van der Waals surface area (Å²) in [5.41, 5.74) is 3.22. The van der Waals surface area contributed by atoms with Crippen molar-refractivity contribution >= 4 is 11.5 Å². The fourth-order valence-electron chi connectivity index (χ4n) is 1.71. The first-order valence-corrected chi connectivity index (χ1v) is 5.18. The number of carboxylic acid groups (broad SMARTS) is 1. The number of hydrogen-bond donors (Lipinski definition) is 1. The largest absolute Gasteiger partial charge is 0.478 e. The minimum absolute atomic E-state index is 0.462. The van der Waals surface area contributed by atoms with Gasteiger partial charge in [0.25, 0.3) is 0 Å². The SMILES string of the molecule is Cc1ccc(/C(=C/C(=O)O)C2CC2)cc1. The van der Waals surface area contributed by atoms with Gasteiger partial charge in [-0.1, -0.05) is 29.8 Å². The second kappa shape index (κ2) is 3.89. The van der Waals surface area contributed by atoms with Crippen LogP contribution in [-0.4, -0.2) is 11.1 Å². The maximum atomic E-state index is 10.7. The standard InChI is InChI=1S/C13H14O2/c1-9-2-4-10(5-3-9)12(8-13(14)15)11-6-7-11/h2-5,8,11H,6-7H2,1H3,(H,14,15)/b12-8-. The normalized spacial score (nSPS) is 16.5. The molecule has 2 nitrogen and oxygen atoms in total. The van der Waals surface area contributed by atoms with Crippen molar-refractivity contribution in [1.82, 2.24) is 0 Å². The molecular formula is C13H14O2. The third kappa shape index (κ3) is 2.46. The molecule has 0 spiro atoms. The highest BCUT2D eigenvalue weighted by Gasteiger charge is 2.27. The minimum Gasteiger partial charge on any atom is -0.478 e. The van der Waals surface area contributed by atoms with Crippen LogP contribution in [0.1, 0.15) is 24.0 Å². The van der Waals surface area contributed by atoms with Crippen molar-refractivity contribution in [1.29, 1.82) is 0 Å². The van der Waals surface area contributed by atoms with Crippen LogP contribution in [-0.2, 0) is 4.79 Å². The predicted molar refractivity (Wildman–Crippen MR) is 59.5 cm³/mol. The van der Waals surface area contributed by atoms with E-state index in [9.17, 15) is 4.79 Å². The van der Waals surface area contributed by atoms with Gasteiger partial charge >= 0.3 is 5.97 Å². The average molecular weight is 202 g/mol. The quantitative estimate of drug-likeness (QED) is 0.765.